The van der Waals surface area contributed by atoms with Gasteiger partial charge in [0.15, 0.2) is 35.4 Å². The van der Waals surface area contributed by atoms with Gasteiger partial charge in [-0.1, -0.05) is 12.1 Å². The molecule has 1 saturated heterocycles. The molecule has 0 bridgehead atoms. The highest BCUT2D eigenvalue weighted by Crippen LogP contribution is 2.28. The number of hydrogen-bond acceptors (Lipinski definition) is 11. The summed E-state index contributed by atoms with van der Waals surface area (Å²) < 4.78 is 16.1. The lowest BCUT2D eigenvalue weighted by Gasteiger charge is -2.41. The summed E-state index contributed by atoms with van der Waals surface area (Å²) in [5, 5.41) is 68.1. The molecule has 1 aliphatic rings. The van der Waals surface area contributed by atoms with E-state index >= 15 is 0 Å². The van der Waals surface area contributed by atoms with E-state index in [1.54, 1.807) is 6.07 Å². The number of esters is 1. The van der Waals surface area contributed by atoms with Gasteiger partial charge in [-0.3, -0.25) is 0 Å². The van der Waals surface area contributed by atoms with Gasteiger partial charge < -0.3 is 50.0 Å². The fourth-order valence-corrected chi connectivity index (χ4v) is 3.34. The monoisotopic (exact) mass is 478 g/mol. The van der Waals surface area contributed by atoms with Crippen LogP contribution in [0.3, 0.4) is 0 Å². The summed E-state index contributed by atoms with van der Waals surface area (Å²) in [5.74, 6) is -2.15. The lowest BCUT2D eigenvalue weighted by atomic mass is 9.99. The zero-order chi connectivity index (χ0) is 24.8. The van der Waals surface area contributed by atoms with E-state index in [1.807, 2.05) is 0 Å². The Morgan fingerprint density at radius 3 is 2.26 bits per heavy atom. The Morgan fingerprint density at radius 1 is 0.941 bits per heavy atom. The number of aliphatic hydroxyl groups is 3. The van der Waals surface area contributed by atoms with Crippen LogP contribution in [0.4, 0.5) is 0 Å². The molecule has 34 heavy (non-hydrogen) atoms. The second-order valence-corrected chi connectivity index (χ2v) is 7.63. The number of phenolic OH excluding ortho intramolecular Hbond substituents is 4. The Hall–Kier alpha value is -3.35. The van der Waals surface area contributed by atoms with Crippen LogP contribution in [0.1, 0.15) is 11.1 Å². The van der Waals surface area contributed by atoms with E-state index in [4.69, 9.17) is 14.2 Å². The number of hydrogen-bond donors (Lipinski definition) is 7. The van der Waals surface area contributed by atoms with Crippen molar-refractivity contribution in [1.82, 2.24) is 0 Å². The summed E-state index contributed by atoms with van der Waals surface area (Å²) in [6.07, 6.45) is -4.50. The van der Waals surface area contributed by atoms with Gasteiger partial charge in [0.1, 0.15) is 18.3 Å². The summed E-state index contributed by atoms with van der Waals surface area (Å²) >= 11 is 0. The minimum atomic E-state index is -1.62. The van der Waals surface area contributed by atoms with Gasteiger partial charge in [0.2, 0.25) is 0 Å². The first-order chi connectivity index (χ1) is 16.2. The second kappa shape index (κ2) is 11.2. The Bertz CT molecular complexity index is 1020. The minimum Gasteiger partial charge on any atom is -0.504 e. The Balaban J connectivity index is 1.56. The van der Waals surface area contributed by atoms with Crippen LogP contribution in [0.25, 0.3) is 6.08 Å². The highest BCUT2D eigenvalue weighted by Gasteiger charge is 2.46. The first kappa shape index (κ1) is 25.3. The molecule has 1 heterocycles. The molecule has 0 amide bonds. The standard InChI is InChI=1S/C23H26O11/c24-11-18-22(34-19(29)6-3-12-1-4-14(25)16(27)9-12)20(30)21(31)23(33-18)32-8-7-13-2-5-15(26)17(28)10-13/h1-6,9-10,18,20-28,30-31H,7-8,11H2/t18-,20-,21+,22-,23-/m0/s1. The molecule has 11 nitrogen and oxygen atoms in total. The number of carbonyl (C=O) groups excluding carboxylic acids is 1. The van der Waals surface area contributed by atoms with Crippen molar-refractivity contribution >= 4 is 12.0 Å². The van der Waals surface area contributed by atoms with Crippen LogP contribution in [-0.4, -0.2) is 85.6 Å². The molecule has 2 aromatic rings. The molecule has 1 fully saturated rings. The van der Waals surface area contributed by atoms with E-state index in [1.165, 1.54) is 36.4 Å². The first-order valence-electron chi connectivity index (χ1n) is 10.3. The number of carbonyl (C=O) groups is 1. The smallest absolute Gasteiger partial charge is 0.331 e. The molecular formula is C23H26O11. The summed E-state index contributed by atoms with van der Waals surface area (Å²) in [7, 11) is 0. The fourth-order valence-electron chi connectivity index (χ4n) is 3.34. The Labute approximate surface area is 194 Å². The summed E-state index contributed by atoms with van der Waals surface area (Å²) in [6.45, 7) is -0.619. The molecule has 184 valence electrons. The van der Waals surface area contributed by atoms with Crippen molar-refractivity contribution in [3.05, 3.63) is 53.6 Å². The van der Waals surface area contributed by atoms with Gasteiger partial charge in [-0.2, -0.15) is 0 Å². The predicted molar refractivity (Wildman–Crippen MR) is 116 cm³/mol. The van der Waals surface area contributed by atoms with Crippen LogP contribution in [-0.2, 0) is 25.4 Å². The van der Waals surface area contributed by atoms with Crippen molar-refractivity contribution in [3.63, 3.8) is 0 Å². The molecule has 5 atom stereocenters. The second-order valence-electron chi connectivity index (χ2n) is 7.63. The third kappa shape index (κ3) is 6.16. The maximum absolute atomic E-state index is 12.2. The van der Waals surface area contributed by atoms with Crippen LogP contribution in [0.5, 0.6) is 23.0 Å². The average Bonchev–Trinajstić information content (AvgIpc) is 2.81. The van der Waals surface area contributed by atoms with Crippen LogP contribution >= 0.6 is 0 Å². The zero-order valence-corrected chi connectivity index (χ0v) is 17.9. The molecule has 0 saturated carbocycles. The molecule has 3 rings (SSSR count). The largest absolute Gasteiger partial charge is 0.504 e. The third-order valence-electron chi connectivity index (χ3n) is 5.20. The quantitative estimate of drug-likeness (QED) is 0.155. The highest BCUT2D eigenvalue weighted by atomic mass is 16.7. The van der Waals surface area contributed by atoms with Gasteiger partial charge >= 0.3 is 5.97 Å². The van der Waals surface area contributed by atoms with E-state index < -0.39 is 43.3 Å². The molecule has 0 radical (unpaired) electrons. The maximum Gasteiger partial charge on any atom is 0.331 e. The normalized spacial score (nSPS) is 24.9. The van der Waals surface area contributed by atoms with Crippen molar-refractivity contribution in [2.75, 3.05) is 13.2 Å². The van der Waals surface area contributed by atoms with Crippen LogP contribution in [0.15, 0.2) is 42.5 Å². The average molecular weight is 478 g/mol. The molecule has 0 aliphatic carbocycles. The van der Waals surface area contributed by atoms with Gasteiger partial charge in [-0.25, -0.2) is 4.79 Å². The number of aliphatic hydroxyl groups excluding tert-OH is 3. The fraction of sp³-hybridized carbons (Fsp3) is 0.348. The van der Waals surface area contributed by atoms with Crippen molar-refractivity contribution in [2.45, 2.75) is 37.1 Å². The predicted octanol–water partition coefficient (Wildman–Crippen LogP) is 0.132. The number of rotatable bonds is 8. The Morgan fingerprint density at radius 2 is 1.62 bits per heavy atom. The van der Waals surface area contributed by atoms with Gasteiger partial charge in [0, 0.05) is 6.08 Å². The number of ether oxygens (including phenoxy) is 3. The number of benzene rings is 2. The van der Waals surface area contributed by atoms with E-state index in [0.29, 0.717) is 11.1 Å². The van der Waals surface area contributed by atoms with Crippen molar-refractivity contribution in [2.24, 2.45) is 0 Å². The molecular weight excluding hydrogens is 452 g/mol. The minimum absolute atomic E-state index is 0.0173. The lowest BCUT2D eigenvalue weighted by Crippen LogP contribution is -2.60. The van der Waals surface area contributed by atoms with E-state index in [0.717, 1.165) is 6.08 Å². The van der Waals surface area contributed by atoms with Crippen LogP contribution in [0.2, 0.25) is 0 Å². The van der Waals surface area contributed by atoms with Gasteiger partial charge in [0.05, 0.1) is 13.2 Å². The number of phenols is 4. The van der Waals surface area contributed by atoms with Gasteiger partial charge in [-0.15, -0.1) is 0 Å². The molecule has 0 unspecified atom stereocenters. The maximum atomic E-state index is 12.2. The number of aromatic hydroxyl groups is 4. The van der Waals surface area contributed by atoms with E-state index in [-0.39, 0.29) is 36.0 Å². The van der Waals surface area contributed by atoms with Crippen LogP contribution < -0.4 is 0 Å². The molecule has 11 heteroatoms. The molecule has 2 aromatic carbocycles. The Kier molecular flexibility index (Phi) is 8.31. The van der Waals surface area contributed by atoms with Crippen molar-refractivity contribution in [3.8, 4) is 23.0 Å². The highest BCUT2D eigenvalue weighted by molar-refractivity contribution is 5.87. The molecule has 7 N–H and O–H groups in total. The van der Waals surface area contributed by atoms with Crippen molar-refractivity contribution < 1.29 is 54.8 Å². The zero-order valence-electron chi connectivity index (χ0n) is 17.9. The third-order valence-corrected chi connectivity index (χ3v) is 5.20. The van der Waals surface area contributed by atoms with Gasteiger partial charge in [-0.05, 0) is 47.9 Å². The SMILES string of the molecule is O=C(C=Cc1ccc(O)c(O)c1)O[C@@H]1[C@@H](O)[C@@H](O)[C@@H](OCCc2ccc(O)c(O)c2)O[C@H]1CO. The molecule has 1 aliphatic heterocycles. The van der Waals surface area contributed by atoms with E-state index in [9.17, 15) is 40.5 Å². The topological polar surface area (TPSA) is 186 Å². The summed E-state index contributed by atoms with van der Waals surface area (Å²) in [5.41, 5.74) is 1.03. The van der Waals surface area contributed by atoms with Crippen LogP contribution in [0, 0.1) is 0 Å². The lowest BCUT2D eigenvalue weighted by molar-refractivity contribution is -0.302. The molecule has 0 aromatic heterocycles. The van der Waals surface area contributed by atoms with Crippen molar-refractivity contribution in [1.29, 1.82) is 0 Å². The van der Waals surface area contributed by atoms with Gasteiger partial charge in [0.25, 0.3) is 0 Å². The molecule has 0 spiro atoms. The summed E-state index contributed by atoms with van der Waals surface area (Å²) in [4.78, 5) is 12.2. The summed E-state index contributed by atoms with van der Waals surface area (Å²) in [6, 6.07) is 8.15. The van der Waals surface area contributed by atoms with E-state index in [2.05, 4.69) is 0 Å². The first-order valence-corrected chi connectivity index (χ1v) is 10.3.